The summed E-state index contributed by atoms with van der Waals surface area (Å²) in [5.41, 5.74) is 6.57. The van der Waals surface area contributed by atoms with Crippen LogP contribution in [0.3, 0.4) is 0 Å². The summed E-state index contributed by atoms with van der Waals surface area (Å²) in [4.78, 5) is 11.9. The molecule has 0 fully saturated rings. The van der Waals surface area contributed by atoms with Crippen LogP contribution in [0.1, 0.15) is 43.1 Å². The molecule has 0 saturated heterocycles. The number of nitrogens with two attached hydrogens (primary N) is 1. The van der Waals surface area contributed by atoms with Gasteiger partial charge in [-0.2, -0.15) is 5.10 Å². The summed E-state index contributed by atoms with van der Waals surface area (Å²) in [5.74, 6) is -0.172. The highest BCUT2D eigenvalue weighted by Crippen LogP contribution is 2.10. The largest absolute Gasteiger partial charge is 0.396 e. The number of aryl methyl sites for hydroxylation is 1. The zero-order valence-corrected chi connectivity index (χ0v) is 10.9. The first kappa shape index (κ1) is 14.5. The molecule has 1 rings (SSSR count). The minimum absolute atomic E-state index is 0.172. The lowest BCUT2D eigenvalue weighted by atomic mass is 10.2. The van der Waals surface area contributed by atoms with Gasteiger partial charge in [0.2, 0.25) is 0 Å². The number of hydrogen-bond acceptors (Lipinski definition) is 4. The van der Waals surface area contributed by atoms with E-state index < -0.39 is 0 Å². The molecule has 0 aliphatic carbocycles. The zero-order chi connectivity index (χ0) is 13.4. The number of aliphatic hydroxyl groups is 1. The highest BCUT2D eigenvalue weighted by atomic mass is 16.2. The van der Waals surface area contributed by atoms with Gasteiger partial charge in [0, 0.05) is 19.7 Å². The Bertz CT molecular complexity index is 376. The standard InChI is InChI=1S/C12H22N4O2/c1-2-16-11(10(13)9-15-16)12(18)14-7-5-3-4-6-8-17/h9,17H,2-8,13H2,1H3,(H,14,18). The van der Waals surface area contributed by atoms with Crippen molar-refractivity contribution in [2.24, 2.45) is 0 Å². The van der Waals surface area contributed by atoms with Gasteiger partial charge in [0.05, 0.1) is 11.9 Å². The first-order chi connectivity index (χ1) is 8.70. The van der Waals surface area contributed by atoms with Crippen molar-refractivity contribution in [3.63, 3.8) is 0 Å². The number of nitrogens with one attached hydrogen (secondary N) is 1. The number of aromatic nitrogens is 2. The van der Waals surface area contributed by atoms with Gasteiger partial charge in [-0.15, -0.1) is 0 Å². The third kappa shape index (κ3) is 4.03. The van der Waals surface area contributed by atoms with Crippen LogP contribution in [-0.2, 0) is 6.54 Å². The average Bonchev–Trinajstić information content (AvgIpc) is 2.74. The molecule has 0 atom stereocenters. The second kappa shape index (κ2) is 7.71. The van der Waals surface area contributed by atoms with Gasteiger partial charge in [-0.1, -0.05) is 12.8 Å². The molecular weight excluding hydrogens is 232 g/mol. The molecule has 102 valence electrons. The maximum Gasteiger partial charge on any atom is 0.271 e. The van der Waals surface area contributed by atoms with E-state index in [4.69, 9.17) is 10.8 Å². The number of hydrogen-bond donors (Lipinski definition) is 3. The number of carbonyl (C=O) groups excluding carboxylic acids is 1. The molecule has 1 heterocycles. The molecule has 18 heavy (non-hydrogen) atoms. The molecule has 0 spiro atoms. The van der Waals surface area contributed by atoms with Crippen LogP contribution >= 0.6 is 0 Å². The van der Waals surface area contributed by atoms with Crippen molar-refractivity contribution in [1.82, 2.24) is 15.1 Å². The van der Waals surface area contributed by atoms with E-state index in [2.05, 4.69) is 10.4 Å². The Labute approximate surface area is 107 Å². The number of anilines is 1. The molecule has 0 aliphatic heterocycles. The highest BCUT2D eigenvalue weighted by Gasteiger charge is 2.15. The molecule has 0 radical (unpaired) electrons. The highest BCUT2D eigenvalue weighted by molar-refractivity contribution is 5.97. The third-order valence-electron chi connectivity index (χ3n) is 2.75. The monoisotopic (exact) mass is 254 g/mol. The van der Waals surface area contributed by atoms with Crippen molar-refractivity contribution >= 4 is 11.6 Å². The Kier molecular flexibility index (Phi) is 6.21. The van der Waals surface area contributed by atoms with Crippen LogP contribution in [0.5, 0.6) is 0 Å². The van der Waals surface area contributed by atoms with Crippen LogP contribution in [0.4, 0.5) is 5.69 Å². The predicted octanol–water partition coefficient (Wildman–Crippen LogP) is 0.768. The van der Waals surface area contributed by atoms with Crippen molar-refractivity contribution in [1.29, 1.82) is 0 Å². The minimum Gasteiger partial charge on any atom is -0.396 e. The lowest BCUT2D eigenvalue weighted by Gasteiger charge is -2.07. The van der Waals surface area contributed by atoms with Crippen molar-refractivity contribution in [3.8, 4) is 0 Å². The van der Waals surface area contributed by atoms with Crippen molar-refractivity contribution in [2.45, 2.75) is 39.2 Å². The topological polar surface area (TPSA) is 93.2 Å². The molecule has 0 bridgehead atoms. The van der Waals surface area contributed by atoms with Crippen LogP contribution in [0.2, 0.25) is 0 Å². The summed E-state index contributed by atoms with van der Waals surface area (Å²) >= 11 is 0. The van der Waals surface area contributed by atoms with Crippen LogP contribution < -0.4 is 11.1 Å². The van der Waals surface area contributed by atoms with Crippen LogP contribution in [0.15, 0.2) is 6.20 Å². The maximum absolute atomic E-state index is 11.9. The first-order valence-electron chi connectivity index (χ1n) is 6.41. The summed E-state index contributed by atoms with van der Waals surface area (Å²) in [7, 11) is 0. The van der Waals surface area contributed by atoms with E-state index in [0.29, 0.717) is 24.5 Å². The Morgan fingerprint density at radius 1 is 1.44 bits per heavy atom. The van der Waals surface area contributed by atoms with Gasteiger partial charge >= 0.3 is 0 Å². The minimum atomic E-state index is -0.172. The van der Waals surface area contributed by atoms with Gasteiger partial charge in [-0.25, -0.2) is 0 Å². The molecule has 1 aromatic heterocycles. The van der Waals surface area contributed by atoms with Crippen molar-refractivity contribution in [2.75, 3.05) is 18.9 Å². The summed E-state index contributed by atoms with van der Waals surface area (Å²) in [6.45, 7) is 3.39. The Morgan fingerprint density at radius 3 is 2.83 bits per heavy atom. The van der Waals surface area contributed by atoms with Crippen molar-refractivity contribution in [3.05, 3.63) is 11.9 Å². The fraction of sp³-hybridized carbons (Fsp3) is 0.667. The fourth-order valence-electron chi connectivity index (χ4n) is 1.76. The number of rotatable bonds is 8. The molecule has 1 amide bonds. The second-order valence-corrected chi connectivity index (χ2v) is 4.16. The normalized spacial score (nSPS) is 10.6. The van der Waals surface area contributed by atoms with Crippen LogP contribution in [-0.4, -0.2) is 33.9 Å². The maximum atomic E-state index is 11.9. The van der Waals surface area contributed by atoms with E-state index >= 15 is 0 Å². The summed E-state index contributed by atoms with van der Waals surface area (Å²) in [6.07, 6.45) is 5.22. The van der Waals surface area contributed by atoms with Gasteiger partial charge in [0.1, 0.15) is 5.69 Å². The number of carbonyl (C=O) groups is 1. The third-order valence-corrected chi connectivity index (χ3v) is 2.75. The quantitative estimate of drug-likeness (QED) is 0.597. The van der Waals surface area contributed by atoms with E-state index in [1.165, 1.54) is 6.20 Å². The molecule has 6 heteroatoms. The van der Waals surface area contributed by atoms with E-state index in [1.807, 2.05) is 6.92 Å². The second-order valence-electron chi connectivity index (χ2n) is 4.16. The van der Waals surface area contributed by atoms with Gasteiger partial charge in [0.15, 0.2) is 0 Å². The van der Waals surface area contributed by atoms with E-state index in [9.17, 15) is 4.79 Å². The molecule has 6 nitrogen and oxygen atoms in total. The lowest BCUT2D eigenvalue weighted by Crippen LogP contribution is -2.27. The smallest absolute Gasteiger partial charge is 0.271 e. The van der Waals surface area contributed by atoms with E-state index in [0.717, 1.165) is 25.7 Å². The Balaban J connectivity index is 2.34. The molecular formula is C12H22N4O2. The fourth-order valence-corrected chi connectivity index (χ4v) is 1.76. The first-order valence-corrected chi connectivity index (χ1v) is 6.41. The SMILES string of the molecule is CCn1ncc(N)c1C(=O)NCCCCCCO. The molecule has 0 unspecified atom stereocenters. The molecule has 0 aromatic carbocycles. The number of unbranched alkanes of at least 4 members (excludes halogenated alkanes) is 3. The molecule has 0 saturated carbocycles. The lowest BCUT2D eigenvalue weighted by molar-refractivity contribution is 0.0943. The van der Waals surface area contributed by atoms with Crippen LogP contribution in [0.25, 0.3) is 0 Å². The Hall–Kier alpha value is -1.56. The number of aliphatic hydroxyl groups excluding tert-OH is 1. The zero-order valence-electron chi connectivity index (χ0n) is 10.9. The number of nitrogen functional groups attached to an aromatic ring is 1. The number of nitrogens with zero attached hydrogens (tertiary/aromatic N) is 2. The van der Waals surface area contributed by atoms with Crippen molar-refractivity contribution < 1.29 is 9.90 Å². The van der Waals surface area contributed by atoms with Gasteiger partial charge in [-0.05, 0) is 19.8 Å². The van der Waals surface area contributed by atoms with E-state index in [1.54, 1.807) is 4.68 Å². The summed E-state index contributed by atoms with van der Waals surface area (Å²) in [6, 6.07) is 0. The molecule has 1 aromatic rings. The molecule has 0 aliphatic rings. The van der Waals surface area contributed by atoms with E-state index in [-0.39, 0.29) is 12.5 Å². The Morgan fingerprint density at radius 2 is 2.17 bits per heavy atom. The van der Waals surface area contributed by atoms with Gasteiger partial charge in [0.25, 0.3) is 5.91 Å². The van der Waals surface area contributed by atoms with Gasteiger partial charge < -0.3 is 16.2 Å². The number of amides is 1. The average molecular weight is 254 g/mol. The molecule has 4 N–H and O–H groups in total. The van der Waals surface area contributed by atoms with Gasteiger partial charge in [-0.3, -0.25) is 9.48 Å². The predicted molar refractivity (Wildman–Crippen MR) is 70.2 cm³/mol. The summed E-state index contributed by atoms with van der Waals surface area (Å²) in [5, 5.41) is 15.5. The van der Waals surface area contributed by atoms with Crippen LogP contribution in [0, 0.1) is 0 Å². The summed E-state index contributed by atoms with van der Waals surface area (Å²) < 4.78 is 1.59.